The Kier molecular flexibility index (Phi) is 7.64. The van der Waals surface area contributed by atoms with Crippen molar-refractivity contribution in [2.24, 2.45) is 5.16 Å². The number of rotatable bonds is 5. The topological polar surface area (TPSA) is 138 Å². The minimum atomic E-state index is -1.24. The van der Waals surface area contributed by atoms with Crippen LogP contribution >= 0.6 is 0 Å². The third-order valence-electron chi connectivity index (χ3n) is 7.72. The van der Waals surface area contributed by atoms with Crippen LogP contribution in [0, 0.1) is 11.6 Å². The smallest absolute Gasteiger partial charge is 0.482 e. The van der Waals surface area contributed by atoms with Gasteiger partial charge in [-0.3, -0.25) is 14.4 Å². The number of hydrogen-bond donors (Lipinski definition) is 1. The number of ether oxygens (including phenoxy) is 3. The van der Waals surface area contributed by atoms with Crippen molar-refractivity contribution in [1.82, 2.24) is 14.8 Å². The zero-order chi connectivity index (χ0) is 30.3. The van der Waals surface area contributed by atoms with Crippen molar-refractivity contribution in [3.05, 3.63) is 63.1 Å². The van der Waals surface area contributed by atoms with Crippen molar-refractivity contribution in [3.8, 4) is 5.75 Å². The number of carbonyl (C=O) groups excluding carboxylic acids is 3. The molecule has 1 saturated heterocycles. The minimum absolute atomic E-state index is 0.0223. The Balaban J connectivity index is 1.62. The SMILES string of the molecule is COC1=NO[C@@]2(CC[C@H](C)N3C[C@H]2n2cc(C(=O)NCc4ccc(F)cc4F)c(=O)c(OC(=O)OC(C)C)c2C3=O)C1. The molecule has 4 heterocycles. The second-order valence-corrected chi connectivity index (χ2v) is 10.8. The van der Waals surface area contributed by atoms with E-state index in [-0.39, 0.29) is 36.8 Å². The molecule has 0 radical (unpaired) electrons. The Morgan fingerprint density at radius 1 is 1.26 bits per heavy atom. The summed E-state index contributed by atoms with van der Waals surface area (Å²) in [5, 5.41) is 6.51. The molecular formula is C28H30F2N4O8. The summed E-state index contributed by atoms with van der Waals surface area (Å²) >= 11 is 0. The molecule has 1 N–H and O–H groups in total. The number of carbonyl (C=O) groups is 3. The predicted molar refractivity (Wildman–Crippen MR) is 142 cm³/mol. The normalized spacial score (nSPS) is 22.7. The number of oxime groups is 1. The molecule has 5 rings (SSSR count). The third kappa shape index (κ3) is 5.16. The van der Waals surface area contributed by atoms with E-state index in [4.69, 9.17) is 19.0 Å². The van der Waals surface area contributed by atoms with Crippen molar-refractivity contribution in [2.45, 2.75) is 70.4 Å². The summed E-state index contributed by atoms with van der Waals surface area (Å²) in [5.74, 6) is -3.53. The molecular weight excluding hydrogens is 558 g/mol. The van der Waals surface area contributed by atoms with Gasteiger partial charge in [-0.15, -0.1) is 0 Å². The molecule has 1 fully saturated rings. The first-order chi connectivity index (χ1) is 19.9. The Morgan fingerprint density at radius 3 is 2.69 bits per heavy atom. The first-order valence-electron chi connectivity index (χ1n) is 13.4. The van der Waals surface area contributed by atoms with Gasteiger partial charge >= 0.3 is 6.16 Å². The fourth-order valence-electron chi connectivity index (χ4n) is 5.51. The number of aromatic nitrogens is 1. The number of methoxy groups -OCH3 is 1. The van der Waals surface area contributed by atoms with Crippen LogP contribution in [0.4, 0.5) is 13.6 Å². The third-order valence-corrected chi connectivity index (χ3v) is 7.72. The van der Waals surface area contributed by atoms with Crippen molar-refractivity contribution < 1.29 is 42.2 Å². The van der Waals surface area contributed by atoms with Crippen LogP contribution in [0.15, 0.2) is 34.3 Å². The predicted octanol–water partition coefficient (Wildman–Crippen LogP) is 3.28. The van der Waals surface area contributed by atoms with Crippen LogP contribution in [-0.4, -0.2) is 64.7 Å². The lowest BCUT2D eigenvalue weighted by Crippen LogP contribution is -2.52. The van der Waals surface area contributed by atoms with E-state index >= 15 is 0 Å². The first kappa shape index (κ1) is 29.0. The number of nitrogens with one attached hydrogen (secondary N) is 1. The number of nitrogens with zero attached hydrogens (tertiary/aromatic N) is 3. The molecule has 1 aromatic carbocycles. The maximum Gasteiger partial charge on any atom is 0.514 e. The van der Waals surface area contributed by atoms with E-state index in [0.717, 1.165) is 12.1 Å². The average Bonchev–Trinajstić information content (AvgIpc) is 3.31. The molecule has 2 amide bonds. The number of amides is 2. The van der Waals surface area contributed by atoms with E-state index < -0.39 is 64.1 Å². The molecule has 0 unspecified atom stereocenters. The molecule has 2 aromatic rings. The molecule has 42 heavy (non-hydrogen) atoms. The van der Waals surface area contributed by atoms with E-state index in [0.29, 0.717) is 24.8 Å². The highest BCUT2D eigenvalue weighted by atomic mass is 19.1. The van der Waals surface area contributed by atoms with Gasteiger partial charge in [0.15, 0.2) is 11.3 Å². The van der Waals surface area contributed by atoms with Crippen LogP contribution in [0.25, 0.3) is 0 Å². The summed E-state index contributed by atoms with van der Waals surface area (Å²) in [5.41, 5.74) is -2.80. The average molecular weight is 589 g/mol. The van der Waals surface area contributed by atoms with Crippen LogP contribution in [0.2, 0.25) is 0 Å². The monoisotopic (exact) mass is 588 g/mol. The summed E-state index contributed by atoms with van der Waals surface area (Å²) in [6.45, 7) is 4.79. The second-order valence-electron chi connectivity index (χ2n) is 10.8. The fraction of sp³-hybridized carbons (Fsp3) is 0.464. The Bertz CT molecular complexity index is 1540. The number of benzene rings is 1. The van der Waals surface area contributed by atoms with E-state index in [2.05, 4.69) is 10.5 Å². The second kappa shape index (κ2) is 11.1. The molecule has 14 heteroatoms. The lowest BCUT2D eigenvalue weighted by Gasteiger charge is -2.41. The van der Waals surface area contributed by atoms with Crippen LogP contribution < -0.4 is 15.5 Å². The summed E-state index contributed by atoms with van der Waals surface area (Å²) < 4.78 is 44.6. The number of halogens is 2. The quantitative estimate of drug-likeness (QED) is 0.526. The van der Waals surface area contributed by atoms with Gasteiger partial charge in [0.05, 0.1) is 25.7 Å². The van der Waals surface area contributed by atoms with E-state index in [9.17, 15) is 28.0 Å². The number of hydrogen-bond acceptors (Lipinski definition) is 9. The maximum atomic E-state index is 14.2. The van der Waals surface area contributed by atoms with Gasteiger partial charge in [-0.25, -0.2) is 13.6 Å². The van der Waals surface area contributed by atoms with Crippen LogP contribution in [0.1, 0.15) is 72.5 Å². The molecule has 224 valence electrons. The molecule has 1 spiro atoms. The van der Waals surface area contributed by atoms with Gasteiger partial charge in [-0.1, -0.05) is 11.2 Å². The van der Waals surface area contributed by atoms with Gasteiger partial charge < -0.3 is 33.8 Å². The highest BCUT2D eigenvalue weighted by Crippen LogP contribution is 2.46. The molecule has 1 aromatic heterocycles. The van der Waals surface area contributed by atoms with Gasteiger partial charge in [-0.05, 0) is 39.7 Å². The van der Waals surface area contributed by atoms with Crippen LogP contribution in [0.3, 0.4) is 0 Å². The molecule has 3 aliphatic heterocycles. The summed E-state index contributed by atoms with van der Waals surface area (Å²) in [4.78, 5) is 61.0. The first-order valence-corrected chi connectivity index (χ1v) is 13.4. The van der Waals surface area contributed by atoms with E-state index in [1.165, 1.54) is 17.9 Å². The standard InChI is InChI=1S/C28H30F2N4O8/c1-14(2)40-27(38)41-24-22-26(37)33-13-20(28(8-7-15(33)3)10-21(39-4)32-42-28)34(22)12-18(23(24)35)25(36)31-11-16-5-6-17(29)9-19(16)30/h5-6,9,12,14-15,20H,7-8,10-11,13H2,1-4H3,(H,31,36)/t15-,20+,28-/m0/s1. The molecule has 2 bridgehead atoms. The van der Waals surface area contributed by atoms with E-state index in [1.54, 1.807) is 18.7 Å². The molecule has 3 atom stereocenters. The van der Waals surface area contributed by atoms with E-state index in [1.807, 2.05) is 6.92 Å². The van der Waals surface area contributed by atoms with Gasteiger partial charge in [0.25, 0.3) is 11.8 Å². The zero-order valence-electron chi connectivity index (χ0n) is 23.4. The van der Waals surface area contributed by atoms with Crippen molar-refractivity contribution in [3.63, 3.8) is 0 Å². The summed E-state index contributed by atoms with van der Waals surface area (Å²) in [6.07, 6.45) is 0.621. The van der Waals surface area contributed by atoms with Crippen LogP contribution in [0.5, 0.6) is 5.75 Å². The molecule has 0 saturated carbocycles. The van der Waals surface area contributed by atoms with Gasteiger partial charge in [0.2, 0.25) is 17.1 Å². The van der Waals surface area contributed by atoms with Gasteiger partial charge in [0, 0.05) is 37.0 Å². The lowest BCUT2D eigenvalue weighted by molar-refractivity contribution is -0.0655. The molecule has 12 nitrogen and oxygen atoms in total. The summed E-state index contributed by atoms with van der Waals surface area (Å²) in [6, 6.07) is 1.94. The lowest BCUT2D eigenvalue weighted by atomic mass is 9.85. The fourth-order valence-corrected chi connectivity index (χ4v) is 5.51. The van der Waals surface area contributed by atoms with Crippen molar-refractivity contribution in [2.75, 3.05) is 13.7 Å². The Labute approximate surface area is 239 Å². The maximum absolute atomic E-state index is 14.2. The van der Waals surface area contributed by atoms with Crippen LogP contribution in [-0.2, 0) is 20.9 Å². The Hall–Kier alpha value is -4.49. The van der Waals surface area contributed by atoms with Gasteiger partial charge in [0.1, 0.15) is 17.2 Å². The number of fused-ring (bicyclic) bond motifs is 5. The minimum Gasteiger partial charge on any atom is -0.482 e. The molecule has 3 aliphatic rings. The van der Waals surface area contributed by atoms with Crippen molar-refractivity contribution >= 4 is 23.9 Å². The highest BCUT2D eigenvalue weighted by Gasteiger charge is 2.55. The van der Waals surface area contributed by atoms with Crippen molar-refractivity contribution in [1.29, 1.82) is 0 Å². The summed E-state index contributed by atoms with van der Waals surface area (Å²) in [7, 11) is 1.46. The van der Waals surface area contributed by atoms with Gasteiger partial charge in [-0.2, -0.15) is 0 Å². The molecule has 0 aliphatic carbocycles. The highest BCUT2D eigenvalue weighted by molar-refractivity contribution is 6.00. The zero-order valence-corrected chi connectivity index (χ0v) is 23.4. The Morgan fingerprint density at radius 2 is 2.02 bits per heavy atom. The largest absolute Gasteiger partial charge is 0.514 e. The number of pyridine rings is 1.